The highest BCUT2D eigenvalue weighted by Crippen LogP contribution is 2.25. The Morgan fingerprint density at radius 3 is 2.30 bits per heavy atom. The summed E-state index contributed by atoms with van der Waals surface area (Å²) in [6, 6.07) is 11.9. The number of halogens is 4. The monoisotopic (exact) mass is 330 g/mol. The number of rotatable bonds is 5. The summed E-state index contributed by atoms with van der Waals surface area (Å²) in [7, 11) is 0. The van der Waals surface area contributed by atoms with Crippen molar-refractivity contribution >= 4 is 34.8 Å². The molecule has 0 amide bonds. The third-order valence-electron chi connectivity index (χ3n) is 3.17. The number of benzene rings is 2. The minimum atomic E-state index is -0.228. The fourth-order valence-corrected chi connectivity index (χ4v) is 2.75. The summed E-state index contributed by atoms with van der Waals surface area (Å²) in [5.41, 5.74) is 2.06. The quantitative estimate of drug-likeness (QED) is 0.610. The third kappa shape index (κ3) is 4.37. The second kappa shape index (κ2) is 7.31. The first-order valence-corrected chi connectivity index (χ1v) is 7.62. The molecule has 0 fully saturated rings. The van der Waals surface area contributed by atoms with E-state index in [1.54, 1.807) is 24.3 Å². The van der Waals surface area contributed by atoms with E-state index in [9.17, 15) is 4.39 Å². The fraction of sp³-hybridized carbons (Fsp3) is 0.250. The summed E-state index contributed by atoms with van der Waals surface area (Å²) in [5, 5.41) is 1.36. The maximum absolute atomic E-state index is 12.9. The lowest BCUT2D eigenvalue weighted by atomic mass is 9.94. The molecule has 106 valence electrons. The lowest BCUT2D eigenvalue weighted by molar-refractivity contribution is 0.581. The first kappa shape index (κ1) is 15.6. The molecule has 2 aromatic rings. The standard InChI is InChI=1S/C16H14Cl3F/c17-10-12(7-11-1-4-15(20)5-2-11)8-13-9-14(18)3-6-16(13)19/h1-6,9,12H,7-8,10H2. The molecule has 2 rings (SSSR count). The van der Waals surface area contributed by atoms with Crippen LogP contribution in [0, 0.1) is 11.7 Å². The second-order valence-electron chi connectivity index (χ2n) is 4.79. The van der Waals surface area contributed by atoms with E-state index in [2.05, 4.69) is 0 Å². The van der Waals surface area contributed by atoms with Gasteiger partial charge in [-0.3, -0.25) is 0 Å². The number of hydrogen-bond donors (Lipinski definition) is 0. The van der Waals surface area contributed by atoms with Crippen LogP contribution in [0.1, 0.15) is 11.1 Å². The Hall–Kier alpha value is -0.760. The van der Waals surface area contributed by atoms with Crippen LogP contribution in [0.5, 0.6) is 0 Å². The van der Waals surface area contributed by atoms with Crippen molar-refractivity contribution in [2.75, 3.05) is 5.88 Å². The molecule has 0 radical (unpaired) electrons. The van der Waals surface area contributed by atoms with Crippen LogP contribution in [0.2, 0.25) is 10.0 Å². The van der Waals surface area contributed by atoms with Crippen LogP contribution in [0.4, 0.5) is 4.39 Å². The van der Waals surface area contributed by atoms with Crippen LogP contribution >= 0.6 is 34.8 Å². The molecule has 0 aliphatic carbocycles. The van der Waals surface area contributed by atoms with Gasteiger partial charge in [-0.15, -0.1) is 11.6 Å². The average molecular weight is 332 g/mol. The Labute approximate surface area is 133 Å². The Kier molecular flexibility index (Phi) is 5.71. The molecule has 4 heteroatoms. The molecule has 1 atom stereocenters. The van der Waals surface area contributed by atoms with Gasteiger partial charge in [0.25, 0.3) is 0 Å². The fourth-order valence-electron chi connectivity index (χ4n) is 2.15. The lowest BCUT2D eigenvalue weighted by Gasteiger charge is -2.15. The van der Waals surface area contributed by atoms with Crippen LogP contribution < -0.4 is 0 Å². The highest BCUT2D eigenvalue weighted by atomic mass is 35.5. The van der Waals surface area contributed by atoms with Crippen molar-refractivity contribution < 1.29 is 4.39 Å². The first-order valence-electron chi connectivity index (χ1n) is 6.33. The smallest absolute Gasteiger partial charge is 0.123 e. The van der Waals surface area contributed by atoms with E-state index < -0.39 is 0 Å². The van der Waals surface area contributed by atoms with Gasteiger partial charge in [0, 0.05) is 15.9 Å². The van der Waals surface area contributed by atoms with Gasteiger partial charge in [-0.25, -0.2) is 4.39 Å². The topological polar surface area (TPSA) is 0 Å². The van der Waals surface area contributed by atoms with Crippen molar-refractivity contribution in [2.24, 2.45) is 5.92 Å². The Morgan fingerprint density at radius 2 is 1.65 bits per heavy atom. The minimum Gasteiger partial charge on any atom is -0.207 e. The minimum absolute atomic E-state index is 0.228. The molecule has 0 aliphatic heterocycles. The molecule has 0 saturated heterocycles. The van der Waals surface area contributed by atoms with Gasteiger partial charge in [0.2, 0.25) is 0 Å². The van der Waals surface area contributed by atoms with E-state index >= 15 is 0 Å². The summed E-state index contributed by atoms with van der Waals surface area (Å²) in [5.74, 6) is 0.521. The number of hydrogen-bond acceptors (Lipinski definition) is 0. The van der Waals surface area contributed by atoms with Crippen molar-refractivity contribution in [3.63, 3.8) is 0 Å². The zero-order valence-corrected chi connectivity index (χ0v) is 13.0. The predicted octanol–water partition coefficient (Wildman–Crippen LogP) is 5.77. The maximum Gasteiger partial charge on any atom is 0.123 e. The second-order valence-corrected chi connectivity index (χ2v) is 5.94. The van der Waals surface area contributed by atoms with Gasteiger partial charge >= 0.3 is 0 Å². The average Bonchev–Trinajstić information content (AvgIpc) is 2.44. The molecule has 0 aromatic heterocycles. The molecule has 2 aromatic carbocycles. The van der Waals surface area contributed by atoms with Crippen LogP contribution in [-0.2, 0) is 12.8 Å². The predicted molar refractivity (Wildman–Crippen MR) is 84.5 cm³/mol. The summed E-state index contributed by atoms with van der Waals surface area (Å²) >= 11 is 18.2. The van der Waals surface area contributed by atoms with Gasteiger partial charge in [0.15, 0.2) is 0 Å². The zero-order valence-electron chi connectivity index (χ0n) is 10.8. The summed E-state index contributed by atoms with van der Waals surface area (Å²) < 4.78 is 12.9. The molecule has 20 heavy (non-hydrogen) atoms. The van der Waals surface area contributed by atoms with E-state index in [0.717, 1.165) is 24.0 Å². The van der Waals surface area contributed by atoms with E-state index in [-0.39, 0.29) is 11.7 Å². The molecule has 0 heterocycles. The molecule has 0 N–H and O–H groups in total. The Morgan fingerprint density at radius 1 is 0.950 bits per heavy atom. The van der Waals surface area contributed by atoms with Gasteiger partial charge in [-0.05, 0) is 60.2 Å². The molecule has 0 nitrogen and oxygen atoms in total. The van der Waals surface area contributed by atoms with E-state index in [4.69, 9.17) is 34.8 Å². The molecule has 1 unspecified atom stereocenters. The van der Waals surface area contributed by atoms with Crippen molar-refractivity contribution in [1.29, 1.82) is 0 Å². The molecular weight excluding hydrogens is 318 g/mol. The summed E-state index contributed by atoms with van der Waals surface area (Å²) in [4.78, 5) is 0. The van der Waals surface area contributed by atoms with Gasteiger partial charge in [0.1, 0.15) is 5.82 Å². The normalized spacial score (nSPS) is 12.4. The summed E-state index contributed by atoms with van der Waals surface area (Å²) in [6.07, 6.45) is 1.53. The molecule has 0 spiro atoms. The first-order chi connectivity index (χ1) is 9.58. The van der Waals surface area contributed by atoms with Crippen molar-refractivity contribution in [1.82, 2.24) is 0 Å². The van der Waals surface area contributed by atoms with Crippen LogP contribution in [-0.4, -0.2) is 5.88 Å². The van der Waals surface area contributed by atoms with Crippen molar-refractivity contribution in [3.8, 4) is 0 Å². The largest absolute Gasteiger partial charge is 0.207 e. The van der Waals surface area contributed by atoms with Gasteiger partial charge in [-0.1, -0.05) is 35.3 Å². The van der Waals surface area contributed by atoms with Gasteiger partial charge < -0.3 is 0 Å². The lowest BCUT2D eigenvalue weighted by Crippen LogP contribution is -2.10. The Balaban J connectivity index is 2.08. The van der Waals surface area contributed by atoms with E-state index in [0.29, 0.717) is 15.9 Å². The van der Waals surface area contributed by atoms with Gasteiger partial charge in [0.05, 0.1) is 0 Å². The summed E-state index contributed by atoms with van der Waals surface area (Å²) in [6.45, 7) is 0. The van der Waals surface area contributed by atoms with E-state index in [1.165, 1.54) is 12.1 Å². The number of alkyl halides is 1. The highest BCUT2D eigenvalue weighted by Gasteiger charge is 2.12. The molecule has 0 bridgehead atoms. The maximum atomic E-state index is 12.9. The Bertz CT molecular complexity index is 566. The zero-order chi connectivity index (χ0) is 14.5. The highest BCUT2D eigenvalue weighted by molar-refractivity contribution is 6.33. The van der Waals surface area contributed by atoms with Gasteiger partial charge in [-0.2, -0.15) is 0 Å². The molecule has 0 saturated carbocycles. The van der Waals surface area contributed by atoms with Crippen molar-refractivity contribution in [2.45, 2.75) is 12.8 Å². The SMILES string of the molecule is Fc1ccc(CC(CCl)Cc2cc(Cl)ccc2Cl)cc1. The third-order valence-corrected chi connectivity index (χ3v) is 4.21. The van der Waals surface area contributed by atoms with Crippen LogP contribution in [0.3, 0.4) is 0 Å². The van der Waals surface area contributed by atoms with Crippen LogP contribution in [0.15, 0.2) is 42.5 Å². The van der Waals surface area contributed by atoms with E-state index in [1.807, 2.05) is 6.07 Å². The molecule has 0 aliphatic rings. The van der Waals surface area contributed by atoms with Crippen molar-refractivity contribution in [3.05, 3.63) is 69.5 Å². The van der Waals surface area contributed by atoms with Crippen LogP contribution in [0.25, 0.3) is 0 Å². The molecular formula is C16H14Cl3F.